The Kier molecular flexibility index (Phi) is 7.34. The van der Waals surface area contributed by atoms with E-state index in [1.54, 1.807) is 14.2 Å². The van der Waals surface area contributed by atoms with Crippen LogP contribution in [0.15, 0.2) is 115 Å². The average Bonchev–Trinajstić information content (AvgIpc) is 3.08. The summed E-state index contributed by atoms with van der Waals surface area (Å²) in [7, 11) is 3.39. The minimum Gasteiger partial charge on any atom is -0.497 e. The average molecular weight is 581 g/mol. The van der Waals surface area contributed by atoms with Crippen LogP contribution in [0.5, 0.6) is 11.5 Å². The summed E-state index contributed by atoms with van der Waals surface area (Å²) in [6.45, 7) is 4.46. The molecule has 0 bridgehead atoms. The molecule has 0 saturated carbocycles. The molecule has 0 heterocycles. The first kappa shape index (κ1) is 28.1. The summed E-state index contributed by atoms with van der Waals surface area (Å²) in [5.41, 5.74) is 5.30. The number of fused-ring (bicyclic) bond motifs is 4. The van der Waals surface area contributed by atoms with E-state index in [9.17, 15) is 0 Å². The lowest BCUT2D eigenvalue weighted by Gasteiger charge is -2.14. The molecule has 0 aromatic heterocycles. The quantitative estimate of drug-likeness (QED) is 0.153. The van der Waals surface area contributed by atoms with E-state index in [0.717, 1.165) is 76.8 Å². The van der Waals surface area contributed by atoms with Crippen molar-refractivity contribution in [2.24, 2.45) is 0 Å². The van der Waals surface area contributed by atoms with Crippen molar-refractivity contribution in [2.75, 3.05) is 14.2 Å². The monoisotopic (exact) mass is 580 g/mol. The van der Waals surface area contributed by atoms with Crippen LogP contribution >= 0.6 is 0 Å². The predicted molar refractivity (Wildman–Crippen MR) is 189 cm³/mol. The highest BCUT2D eigenvalue weighted by Gasteiger charge is 2.14. The number of hydrogen-bond donors (Lipinski definition) is 0. The molecule has 0 saturated heterocycles. The Morgan fingerprint density at radius 3 is 1.44 bits per heavy atom. The predicted octanol–water partition coefficient (Wildman–Crippen LogP) is 10.2. The molecule has 0 aliphatic carbocycles. The van der Waals surface area contributed by atoms with Crippen LogP contribution in [0.2, 0.25) is 0 Å². The first-order chi connectivity index (χ1) is 22.0. The summed E-state index contributed by atoms with van der Waals surface area (Å²) in [6.07, 6.45) is 0. The molecular weight excluding hydrogens is 548 g/mol. The van der Waals surface area contributed by atoms with Crippen LogP contribution in [0.3, 0.4) is 0 Å². The minimum absolute atomic E-state index is 0.386. The van der Waals surface area contributed by atoms with Crippen LogP contribution in [-0.4, -0.2) is 14.2 Å². The normalized spacial score (nSPS) is 11.0. The fourth-order valence-corrected chi connectivity index (χ4v) is 6.08. The second-order valence-electron chi connectivity index (χ2n) is 11.5. The van der Waals surface area contributed by atoms with Crippen molar-refractivity contribution in [1.82, 2.24) is 0 Å². The fourth-order valence-electron chi connectivity index (χ4n) is 6.08. The van der Waals surface area contributed by atoms with Gasteiger partial charge < -0.3 is 9.47 Å². The zero-order valence-electron chi connectivity index (χ0n) is 25.9. The zero-order valence-corrected chi connectivity index (χ0v) is 25.9. The number of benzene rings is 7. The van der Waals surface area contributed by atoms with Crippen LogP contribution in [-0.2, 0) is 0 Å². The van der Waals surface area contributed by atoms with Gasteiger partial charge in [0.05, 0.1) is 14.2 Å². The Balaban J connectivity index is 1.47. The highest BCUT2D eigenvalue weighted by molar-refractivity contribution is 6.10. The third kappa shape index (κ3) is 5.22. The van der Waals surface area contributed by atoms with Crippen LogP contribution in [0.4, 0.5) is 0 Å². The van der Waals surface area contributed by atoms with Gasteiger partial charge in [0, 0.05) is 22.3 Å². The van der Waals surface area contributed by atoms with E-state index in [-0.39, 0.29) is 0 Å². The molecule has 7 aromatic rings. The van der Waals surface area contributed by atoms with Crippen molar-refractivity contribution >= 4 is 43.1 Å². The van der Waals surface area contributed by atoms with Gasteiger partial charge in [0.2, 0.25) is 0 Å². The van der Waals surface area contributed by atoms with E-state index in [0.29, 0.717) is 5.92 Å². The maximum Gasteiger partial charge on any atom is 0.119 e. The summed E-state index contributed by atoms with van der Waals surface area (Å²) >= 11 is 0. The number of ether oxygens (including phenoxy) is 2. The second-order valence-corrected chi connectivity index (χ2v) is 11.5. The molecule has 2 nitrogen and oxygen atoms in total. The molecule has 2 heteroatoms. The van der Waals surface area contributed by atoms with Gasteiger partial charge in [-0.1, -0.05) is 98.2 Å². The van der Waals surface area contributed by atoms with Crippen molar-refractivity contribution in [1.29, 1.82) is 0 Å². The summed E-state index contributed by atoms with van der Waals surface area (Å²) in [4.78, 5) is 0. The third-order valence-electron chi connectivity index (χ3n) is 8.53. The van der Waals surface area contributed by atoms with E-state index in [2.05, 4.69) is 141 Å². The molecule has 45 heavy (non-hydrogen) atoms. The summed E-state index contributed by atoms with van der Waals surface area (Å²) in [5.74, 6) is 16.4. The van der Waals surface area contributed by atoms with Crippen molar-refractivity contribution < 1.29 is 9.47 Å². The molecule has 0 spiro atoms. The topological polar surface area (TPSA) is 18.5 Å². The van der Waals surface area contributed by atoms with Crippen molar-refractivity contribution in [2.45, 2.75) is 19.8 Å². The molecular formula is C43H32O2. The summed E-state index contributed by atoms with van der Waals surface area (Å²) in [6, 6.07) is 40.0. The molecule has 0 radical (unpaired) electrons. The lowest BCUT2D eigenvalue weighted by Crippen LogP contribution is -1.94. The lowest BCUT2D eigenvalue weighted by atomic mass is 9.89. The van der Waals surface area contributed by atoms with Crippen LogP contribution < -0.4 is 9.47 Å². The Morgan fingerprint density at radius 2 is 0.933 bits per heavy atom. The lowest BCUT2D eigenvalue weighted by molar-refractivity contribution is 0.415. The van der Waals surface area contributed by atoms with Crippen molar-refractivity contribution in [3.05, 3.63) is 143 Å². The van der Waals surface area contributed by atoms with Crippen LogP contribution in [0.1, 0.15) is 47.6 Å². The summed E-state index contributed by atoms with van der Waals surface area (Å²) < 4.78 is 10.9. The van der Waals surface area contributed by atoms with Gasteiger partial charge in [-0.25, -0.2) is 0 Å². The van der Waals surface area contributed by atoms with Gasteiger partial charge in [0.25, 0.3) is 0 Å². The largest absolute Gasteiger partial charge is 0.497 e. The van der Waals surface area contributed by atoms with Gasteiger partial charge in [-0.2, -0.15) is 0 Å². The molecule has 0 aliphatic heterocycles. The first-order valence-electron chi connectivity index (χ1n) is 15.2. The third-order valence-corrected chi connectivity index (χ3v) is 8.53. The number of hydrogen-bond acceptors (Lipinski definition) is 2. The molecule has 0 amide bonds. The van der Waals surface area contributed by atoms with Gasteiger partial charge in [-0.05, 0) is 109 Å². The maximum absolute atomic E-state index is 5.46. The van der Waals surface area contributed by atoms with E-state index in [4.69, 9.17) is 9.47 Å². The van der Waals surface area contributed by atoms with Crippen LogP contribution in [0, 0.1) is 23.7 Å². The Labute approximate surface area is 264 Å². The molecule has 0 fully saturated rings. The van der Waals surface area contributed by atoms with Gasteiger partial charge >= 0.3 is 0 Å². The number of rotatable bonds is 3. The zero-order chi connectivity index (χ0) is 30.9. The maximum atomic E-state index is 5.46. The minimum atomic E-state index is 0.386. The van der Waals surface area contributed by atoms with Gasteiger partial charge in [0.1, 0.15) is 11.5 Å². The highest BCUT2D eigenvalue weighted by Crippen LogP contribution is 2.35. The molecule has 7 aromatic carbocycles. The van der Waals surface area contributed by atoms with E-state index < -0.39 is 0 Å². The highest BCUT2D eigenvalue weighted by atomic mass is 16.5. The fraction of sp³-hybridized carbons (Fsp3) is 0.116. The standard InChI is InChI=1S/C43H32O2/c1-28(2)31-17-22-42-40(20-15-29-9-7-11-32-25-34(44-3)18-23-36(29)32)38-13-5-6-14-39(38)41(43(42)27-31)21-16-30-10-8-12-33-26-35(45-4)19-24-37(30)33/h5-14,17-19,22-28H,1-4H3. The van der Waals surface area contributed by atoms with Crippen molar-refractivity contribution in [3.8, 4) is 35.2 Å². The molecule has 216 valence electrons. The molecule has 7 rings (SSSR count). The van der Waals surface area contributed by atoms with E-state index in [1.807, 2.05) is 12.1 Å². The Morgan fingerprint density at radius 1 is 0.444 bits per heavy atom. The Bertz CT molecular complexity index is 2390. The SMILES string of the molecule is COc1ccc2c(C#Cc3c4ccccc4c(C#Cc4cccc5cc(OC)ccc45)c4cc(C(C)C)ccc34)cccc2c1. The van der Waals surface area contributed by atoms with E-state index in [1.165, 1.54) is 5.56 Å². The molecule has 0 N–H and O–H groups in total. The van der Waals surface area contributed by atoms with Gasteiger partial charge in [0.15, 0.2) is 0 Å². The van der Waals surface area contributed by atoms with Gasteiger partial charge in [-0.15, -0.1) is 0 Å². The smallest absolute Gasteiger partial charge is 0.119 e. The van der Waals surface area contributed by atoms with Crippen molar-refractivity contribution in [3.63, 3.8) is 0 Å². The van der Waals surface area contributed by atoms with Crippen LogP contribution in [0.25, 0.3) is 43.1 Å². The Hall–Kier alpha value is -5.70. The van der Waals surface area contributed by atoms with E-state index >= 15 is 0 Å². The molecule has 0 aliphatic rings. The molecule has 0 unspecified atom stereocenters. The summed E-state index contributed by atoms with van der Waals surface area (Å²) in [5, 5.41) is 8.87. The first-order valence-corrected chi connectivity index (χ1v) is 15.2. The van der Waals surface area contributed by atoms with Gasteiger partial charge in [-0.3, -0.25) is 0 Å². The molecule has 0 atom stereocenters. The number of methoxy groups -OCH3 is 2. The second kappa shape index (κ2) is 11.8.